The molecule has 1 aromatic carbocycles. The van der Waals surface area contributed by atoms with E-state index in [-0.39, 0.29) is 17.6 Å². The molecule has 1 aromatic heterocycles. The van der Waals surface area contributed by atoms with Crippen LogP contribution in [0.1, 0.15) is 29.0 Å². The van der Waals surface area contributed by atoms with Crippen molar-refractivity contribution < 1.29 is 13.6 Å². The summed E-state index contributed by atoms with van der Waals surface area (Å²) in [6, 6.07) is 3.46. The molecule has 1 aliphatic rings. The molecule has 0 radical (unpaired) electrons. The van der Waals surface area contributed by atoms with E-state index in [9.17, 15) is 13.6 Å². The number of aromatic nitrogens is 3. The highest BCUT2D eigenvalue weighted by Crippen LogP contribution is 2.24. The van der Waals surface area contributed by atoms with Gasteiger partial charge < -0.3 is 4.90 Å². The van der Waals surface area contributed by atoms with Gasteiger partial charge in [-0.05, 0) is 13.0 Å². The van der Waals surface area contributed by atoms with Crippen LogP contribution >= 0.6 is 0 Å². The van der Waals surface area contributed by atoms with Crippen LogP contribution in [0.4, 0.5) is 8.78 Å². The number of rotatable bonds is 3. The highest BCUT2D eigenvalue weighted by Gasteiger charge is 2.27. The van der Waals surface area contributed by atoms with Crippen molar-refractivity contribution in [2.24, 2.45) is 0 Å². The minimum atomic E-state index is -0.582. The molecule has 8 heteroatoms. The van der Waals surface area contributed by atoms with E-state index < -0.39 is 11.6 Å². The van der Waals surface area contributed by atoms with Crippen LogP contribution in [0.3, 0.4) is 0 Å². The monoisotopic (exact) mass is 321 g/mol. The lowest BCUT2D eigenvalue weighted by atomic mass is 10.1. The van der Waals surface area contributed by atoms with E-state index >= 15 is 0 Å². The molecular weight excluding hydrogens is 304 g/mol. The van der Waals surface area contributed by atoms with Crippen molar-refractivity contribution in [3.05, 3.63) is 47.3 Å². The summed E-state index contributed by atoms with van der Waals surface area (Å²) >= 11 is 0. The summed E-state index contributed by atoms with van der Waals surface area (Å²) in [4.78, 5) is 16.0. The lowest BCUT2D eigenvalue weighted by molar-refractivity contribution is 0.0573. The molecule has 3 rings (SSSR count). The third kappa shape index (κ3) is 3.21. The highest BCUT2D eigenvalue weighted by atomic mass is 19.1. The normalized spacial score (nSPS) is 17.3. The standard InChI is InChI=1S/C15H17F2N5O/c1-10(12-3-2-11(16)8-13(12)17)21-4-6-22(7-5-21)15(23)14-9-18-20-19-14/h2-3,8-10H,4-7H2,1H3,(H,18,19,20)/t10-/m0/s1. The van der Waals surface area contributed by atoms with Crippen LogP contribution in [-0.2, 0) is 0 Å². The van der Waals surface area contributed by atoms with Gasteiger partial charge in [0.25, 0.3) is 5.91 Å². The summed E-state index contributed by atoms with van der Waals surface area (Å²) < 4.78 is 26.9. The van der Waals surface area contributed by atoms with Gasteiger partial charge in [-0.25, -0.2) is 8.78 Å². The Balaban J connectivity index is 1.63. The average Bonchev–Trinajstić information content (AvgIpc) is 3.08. The number of aromatic amines is 1. The van der Waals surface area contributed by atoms with E-state index in [1.807, 2.05) is 6.92 Å². The van der Waals surface area contributed by atoms with Crippen LogP contribution in [0.15, 0.2) is 24.4 Å². The number of carbonyl (C=O) groups is 1. The summed E-state index contributed by atoms with van der Waals surface area (Å²) in [6.07, 6.45) is 1.39. The van der Waals surface area contributed by atoms with Gasteiger partial charge in [-0.3, -0.25) is 9.69 Å². The first kappa shape index (κ1) is 15.5. The van der Waals surface area contributed by atoms with Crippen LogP contribution in [0.2, 0.25) is 0 Å². The number of piperazine rings is 1. The molecule has 1 N–H and O–H groups in total. The first-order chi connectivity index (χ1) is 11.1. The van der Waals surface area contributed by atoms with E-state index in [1.54, 1.807) is 4.90 Å². The van der Waals surface area contributed by atoms with E-state index in [1.165, 1.54) is 18.3 Å². The van der Waals surface area contributed by atoms with Gasteiger partial charge in [0.05, 0.1) is 6.20 Å². The molecule has 0 bridgehead atoms. The molecule has 1 fully saturated rings. The average molecular weight is 321 g/mol. The summed E-state index contributed by atoms with van der Waals surface area (Å²) in [5, 5.41) is 9.84. The Hall–Kier alpha value is -2.35. The van der Waals surface area contributed by atoms with Gasteiger partial charge >= 0.3 is 0 Å². The van der Waals surface area contributed by atoms with Crippen LogP contribution in [0, 0.1) is 11.6 Å². The van der Waals surface area contributed by atoms with Crippen molar-refractivity contribution in [2.75, 3.05) is 26.2 Å². The molecular formula is C15H17F2N5O. The van der Waals surface area contributed by atoms with Gasteiger partial charge in [0.15, 0.2) is 5.69 Å². The lowest BCUT2D eigenvalue weighted by Crippen LogP contribution is -2.49. The fraction of sp³-hybridized carbons (Fsp3) is 0.400. The van der Waals surface area contributed by atoms with Crippen molar-refractivity contribution in [3.8, 4) is 0 Å². The largest absolute Gasteiger partial charge is 0.335 e. The summed E-state index contributed by atoms with van der Waals surface area (Å²) in [7, 11) is 0. The Bertz CT molecular complexity index is 683. The first-order valence-electron chi connectivity index (χ1n) is 7.40. The lowest BCUT2D eigenvalue weighted by Gasteiger charge is -2.38. The number of hydrogen-bond acceptors (Lipinski definition) is 4. The summed E-state index contributed by atoms with van der Waals surface area (Å²) in [5.41, 5.74) is 0.749. The van der Waals surface area contributed by atoms with Gasteiger partial charge in [0.2, 0.25) is 0 Å². The molecule has 2 aromatic rings. The molecule has 1 saturated heterocycles. The van der Waals surface area contributed by atoms with E-state index in [4.69, 9.17) is 0 Å². The van der Waals surface area contributed by atoms with Gasteiger partial charge in [-0.1, -0.05) is 6.07 Å². The molecule has 1 atom stereocenters. The predicted molar refractivity (Wildman–Crippen MR) is 78.6 cm³/mol. The van der Waals surface area contributed by atoms with Crippen molar-refractivity contribution in [1.82, 2.24) is 25.2 Å². The second kappa shape index (κ2) is 6.41. The molecule has 1 aliphatic heterocycles. The van der Waals surface area contributed by atoms with Crippen LogP contribution in [-0.4, -0.2) is 57.3 Å². The van der Waals surface area contributed by atoms with Gasteiger partial charge in [0, 0.05) is 43.9 Å². The number of benzene rings is 1. The third-order valence-corrected chi connectivity index (χ3v) is 4.20. The number of hydrogen-bond donors (Lipinski definition) is 1. The topological polar surface area (TPSA) is 65.1 Å². The van der Waals surface area contributed by atoms with E-state index in [0.29, 0.717) is 31.7 Å². The third-order valence-electron chi connectivity index (χ3n) is 4.20. The van der Waals surface area contributed by atoms with Crippen LogP contribution in [0.5, 0.6) is 0 Å². The first-order valence-corrected chi connectivity index (χ1v) is 7.40. The van der Waals surface area contributed by atoms with Gasteiger partial charge in [-0.2, -0.15) is 15.4 Å². The zero-order chi connectivity index (χ0) is 16.4. The summed E-state index contributed by atoms with van der Waals surface area (Å²) in [5.74, 6) is -1.29. The second-order valence-corrected chi connectivity index (χ2v) is 5.53. The summed E-state index contributed by atoms with van der Waals surface area (Å²) in [6.45, 7) is 4.16. The smallest absolute Gasteiger partial charge is 0.276 e. The maximum absolute atomic E-state index is 13.9. The number of amides is 1. The quantitative estimate of drug-likeness (QED) is 0.933. The molecule has 0 unspecified atom stereocenters. The maximum atomic E-state index is 13.9. The number of carbonyl (C=O) groups excluding carboxylic acids is 1. The van der Waals surface area contributed by atoms with Gasteiger partial charge in [-0.15, -0.1) is 0 Å². The Morgan fingerprint density at radius 2 is 2.00 bits per heavy atom. The molecule has 0 spiro atoms. The van der Waals surface area contributed by atoms with E-state index in [2.05, 4.69) is 20.3 Å². The molecule has 6 nitrogen and oxygen atoms in total. The van der Waals surface area contributed by atoms with Crippen molar-refractivity contribution >= 4 is 5.91 Å². The number of halogens is 2. The SMILES string of the molecule is C[C@@H](c1ccc(F)cc1F)N1CCN(C(=O)c2cn[nH]n2)CC1. The molecule has 1 amide bonds. The number of H-pyrrole nitrogens is 1. The second-order valence-electron chi connectivity index (χ2n) is 5.53. The Morgan fingerprint density at radius 3 is 2.61 bits per heavy atom. The van der Waals surface area contributed by atoms with E-state index in [0.717, 1.165) is 6.07 Å². The zero-order valence-corrected chi connectivity index (χ0v) is 12.7. The van der Waals surface area contributed by atoms with Crippen LogP contribution < -0.4 is 0 Å². The molecule has 2 heterocycles. The fourth-order valence-electron chi connectivity index (χ4n) is 2.82. The highest BCUT2D eigenvalue weighted by molar-refractivity contribution is 5.91. The predicted octanol–water partition coefficient (Wildman–Crippen LogP) is 1.60. The Morgan fingerprint density at radius 1 is 1.26 bits per heavy atom. The maximum Gasteiger partial charge on any atom is 0.276 e. The minimum absolute atomic E-state index is 0.168. The van der Waals surface area contributed by atoms with Crippen molar-refractivity contribution in [1.29, 1.82) is 0 Å². The molecule has 23 heavy (non-hydrogen) atoms. The zero-order valence-electron chi connectivity index (χ0n) is 12.7. The van der Waals surface area contributed by atoms with Crippen molar-refractivity contribution in [3.63, 3.8) is 0 Å². The number of nitrogens with zero attached hydrogens (tertiary/aromatic N) is 4. The van der Waals surface area contributed by atoms with Crippen molar-refractivity contribution in [2.45, 2.75) is 13.0 Å². The molecule has 0 saturated carbocycles. The molecule has 0 aliphatic carbocycles. The Labute approximate surface area is 132 Å². The molecule has 122 valence electrons. The van der Waals surface area contributed by atoms with Gasteiger partial charge in [0.1, 0.15) is 11.6 Å². The fourth-order valence-corrected chi connectivity index (χ4v) is 2.82. The minimum Gasteiger partial charge on any atom is -0.335 e. The Kier molecular flexibility index (Phi) is 4.33. The van der Waals surface area contributed by atoms with Crippen LogP contribution in [0.25, 0.3) is 0 Å². The number of nitrogens with one attached hydrogen (secondary N) is 1.